The molecule has 3 unspecified atom stereocenters. The minimum absolute atomic E-state index is 0.188. The van der Waals surface area contributed by atoms with E-state index in [1.165, 1.54) is 12.8 Å². The van der Waals surface area contributed by atoms with Crippen molar-refractivity contribution < 1.29 is 4.79 Å². The average Bonchev–Trinajstić information content (AvgIpc) is 2.93. The maximum absolute atomic E-state index is 12.5. The molecule has 5 heteroatoms. The summed E-state index contributed by atoms with van der Waals surface area (Å²) < 4.78 is 1.05. The summed E-state index contributed by atoms with van der Waals surface area (Å²) in [4.78, 5) is 16.7. The summed E-state index contributed by atoms with van der Waals surface area (Å²) in [7, 11) is 1.89. The zero-order valence-electron chi connectivity index (χ0n) is 13.7. The van der Waals surface area contributed by atoms with Crippen LogP contribution in [0.5, 0.6) is 0 Å². The van der Waals surface area contributed by atoms with Gasteiger partial charge in [-0.2, -0.15) is 0 Å². The lowest BCUT2D eigenvalue weighted by atomic mass is 9.78. The minimum Gasteiger partial charge on any atom is -0.340 e. The molecular weight excluding hydrogens is 354 g/mol. The van der Waals surface area contributed by atoms with E-state index in [1.807, 2.05) is 30.1 Å². The maximum Gasteiger partial charge on any atom is 0.236 e. The number of likely N-dealkylation sites (N-methyl/N-ethyl adjacent to an activating group) is 1. The van der Waals surface area contributed by atoms with E-state index in [9.17, 15) is 4.79 Å². The highest BCUT2D eigenvalue weighted by Gasteiger charge is 2.39. The zero-order chi connectivity index (χ0) is 16.4. The summed E-state index contributed by atoms with van der Waals surface area (Å²) in [5, 5.41) is 0. The van der Waals surface area contributed by atoms with Crippen LogP contribution in [0.1, 0.15) is 24.8 Å². The summed E-state index contributed by atoms with van der Waals surface area (Å²) in [5.74, 6) is 1.47. The molecule has 1 aromatic carbocycles. The molecule has 4 nitrogen and oxygen atoms in total. The van der Waals surface area contributed by atoms with Gasteiger partial charge >= 0.3 is 0 Å². The number of amides is 1. The van der Waals surface area contributed by atoms with Gasteiger partial charge in [-0.1, -0.05) is 40.5 Å². The molecule has 0 spiro atoms. The Hall–Kier alpha value is -0.910. The lowest BCUT2D eigenvalue weighted by Crippen LogP contribution is -2.39. The number of benzene rings is 1. The van der Waals surface area contributed by atoms with Crippen LogP contribution in [-0.2, 0) is 11.3 Å². The molecule has 0 bridgehead atoms. The van der Waals surface area contributed by atoms with E-state index in [-0.39, 0.29) is 5.91 Å². The number of likely N-dealkylation sites (tertiary alicyclic amines) is 1. The first-order valence-corrected chi connectivity index (χ1v) is 9.29. The average molecular weight is 380 g/mol. The van der Waals surface area contributed by atoms with Gasteiger partial charge in [0, 0.05) is 37.2 Å². The number of carbonyl (C=O) groups excluding carboxylic acids is 1. The predicted molar refractivity (Wildman–Crippen MR) is 95.9 cm³/mol. The normalized spacial score (nSPS) is 27.7. The van der Waals surface area contributed by atoms with Crippen molar-refractivity contribution in [2.75, 3.05) is 26.7 Å². The molecule has 1 heterocycles. The molecule has 2 aliphatic rings. The molecule has 1 aliphatic carbocycles. The van der Waals surface area contributed by atoms with E-state index < -0.39 is 0 Å². The second-order valence-electron chi connectivity index (χ2n) is 7.05. The highest BCUT2D eigenvalue weighted by molar-refractivity contribution is 9.10. The lowest BCUT2D eigenvalue weighted by molar-refractivity contribution is -0.131. The van der Waals surface area contributed by atoms with Crippen molar-refractivity contribution in [1.29, 1.82) is 0 Å². The van der Waals surface area contributed by atoms with Crippen molar-refractivity contribution in [2.45, 2.75) is 31.8 Å². The van der Waals surface area contributed by atoms with Crippen molar-refractivity contribution in [3.63, 3.8) is 0 Å². The molecule has 3 atom stereocenters. The molecule has 2 fully saturated rings. The molecule has 0 radical (unpaired) electrons. The summed E-state index contributed by atoms with van der Waals surface area (Å²) in [6.45, 7) is 3.18. The Morgan fingerprint density at radius 1 is 1.35 bits per heavy atom. The van der Waals surface area contributed by atoms with Gasteiger partial charge in [0.2, 0.25) is 5.91 Å². The molecule has 1 saturated carbocycles. The topological polar surface area (TPSA) is 49.6 Å². The number of hydrogen-bond donors (Lipinski definition) is 1. The molecule has 23 heavy (non-hydrogen) atoms. The summed E-state index contributed by atoms with van der Waals surface area (Å²) in [5.41, 5.74) is 7.40. The van der Waals surface area contributed by atoms with Crippen LogP contribution in [0.15, 0.2) is 28.7 Å². The Morgan fingerprint density at radius 2 is 2.13 bits per heavy atom. The Morgan fingerprint density at radius 3 is 2.87 bits per heavy atom. The second kappa shape index (κ2) is 7.32. The molecule has 2 N–H and O–H groups in total. The van der Waals surface area contributed by atoms with Crippen LogP contribution in [0.25, 0.3) is 0 Å². The molecule has 1 aromatic rings. The Kier molecular flexibility index (Phi) is 5.39. The molecule has 1 amide bonds. The largest absolute Gasteiger partial charge is 0.340 e. The SMILES string of the molecule is CN(Cc1ccccc1Br)C(=O)CN1CC2CCCC(N)C2C1. The highest BCUT2D eigenvalue weighted by Crippen LogP contribution is 2.35. The van der Waals surface area contributed by atoms with E-state index in [1.54, 1.807) is 0 Å². The van der Waals surface area contributed by atoms with Crippen molar-refractivity contribution in [2.24, 2.45) is 17.6 Å². The van der Waals surface area contributed by atoms with Crippen LogP contribution in [0.4, 0.5) is 0 Å². The van der Waals surface area contributed by atoms with Crippen molar-refractivity contribution in [3.8, 4) is 0 Å². The van der Waals surface area contributed by atoms with Crippen LogP contribution in [0.3, 0.4) is 0 Å². The smallest absolute Gasteiger partial charge is 0.236 e. The first kappa shape index (κ1) is 16.9. The fraction of sp³-hybridized carbons (Fsp3) is 0.611. The first-order valence-electron chi connectivity index (χ1n) is 8.50. The standard InChI is InChI=1S/C18H26BrN3O/c1-21(9-14-5-2-3-7-16(14)19)18(23)12-22-10-13-6-4-8-17(20)15(13)11-22/h2-3,5,7,13,15,17H,4,6,8-12,20H2,1H3. The molecule has 3 rings (SSSR count). The monoisotopic (exact) mass is 379 g/mol. The van der Waals surface area contributed by atoms with Gasteiger partial charge in [0.05, 0.1) is 6.54 Å². The number of carbonyl (C=O) groups is 1. The van der Waals surface area contributed by atoms with Crippen LogP contribution in [0.2, 0.25) is 0 Å². The third-order valence-electron chi connectivity index (χ3n) is 5.38. The first-order chi connectivity index (χ1) is 11.0. The van der Waals surface area contributed by atoms with Crippen LogP contribution in [-0.4, -0.2) is 48.4 Å². The Labute approximate surface area is 147 Å². The summed E-state index contributed by atoms with van der Waals surface area (Å²) in [6.07, 6.45) is 3.66. The molecular formula is C18H26BrN3O. The van der Waals surface area contributed by atoms with Gasteiger partial charge in [0.1, 0.15) is 0 Å². The predicted octanol–water partition coefficient (Wildman–Crippen LogP) is 2.47. The fourth-order valence-corrected chi connectivity index (χ4v) is 4.43. The van der Waals surface area contributed by atoms with Gasteiger partial charge < -0.3 is 10.6 Å². The van der Waals surface area contributed by atoms with Gasteiger partial charge in [-0.3, -0.25) is 9.69 Å². The number of rotatable bonds is 4. The van der Waals surface area contributed by atoms with Gasteiger partial charge in [0.15, 0.2) is 0 Å². The van der Waals surface area contributed by atoms with E-state index in [4.69, 9.17) is 5.73 Å². The van der Waals surface area contributed by atoms with Crippen LogP contribution < -0.4 is 5.73 Å². The summed E-state index contributed by atoms with van der Waals surface area (Å²) >= 11 is 3.55. The second-order valence-corrected chi connectivity index (χ2v) is 7.91. The number of nitrogens with two attached hydrogens (primary N) is 1. The van der Waals surface area contributed by atoms with Gasteiger partial charge in [-0.25, -0.2) is 0 Å². The van der Waals surface area contributed by atoms with Crippen molar-refractivity contribution in [1.82, 2.24) is 9.80 Å². The molecule has 126 valence electrons. The van der Waals surface area contributed by atoms with Crippen LogP contribution >= 0.6 is 15.9 Å². The van der Waals surface area contributed by atoms with E-state index >= 15 is 0 Å². The Balaban J connectivity index is 1.54. The Bertz CT molecular complexity index is 565. The molecule has 0 aromatic heterocycles. The van der Waals surface area contributed by atoms with Gasteiger partial charge in [-0.05, 0) is 36.3 Å². The van der Waals surface area contributed by atoms with E-state index in [0.717, 1.165) is 29.5 Å². The number of fused-ring (bicyclic) bond motifs is 1. The number of halogens is 1. The molecule has 1 saturated heterocycles. The number of nitrogens with zero attached hydrogens (tertiary/aromatic N) is 2. The van der Waals surface area contributed by atoms with Crippen molar-refractivity contribution >= 4 is 21.8 Å². The third-order valence-corrected chi connectivity index (χ3v) is 6.15. The van der Waals surface area contributed by atoms with Gasteiger partial charge in [-0.15, -0.1) is 0 Å². The van der Waals surface area contributed by atoms with Crippen molar-refractivity contribution in [3.05, 3.63) is 34.3 Å². The van der Waals surface area contributed by atoms with E-state index in [0.29, 0.717) is 31.0 Å². The molecule has 1 aliphatic heterocycles. The third kappa shape index (κ3) is 3.95. The van der Waals surface area contributed by atoms with E-state index in [2.05, 4.69) is 26.9 Å². The summed E-state index contributed by atoms with van der Waals surface area (Å²) in [6, 6.07) is 8.39. The van der Waals surface area contributed by atoms with Gasteiger partial charge in [0.25, 0.3) is 0 Å². The quantitative estimate of drug-likeness (QED) is 0.873. The lowest BCUT2D eigenvalue weighted by Gasteiger charge is -2.29. The zero-order valence-corrected chi connectivity index (χ0v) is 15.3. The highest BCUT2D eigenvalue weighted by atomic mass is 79.9. The maximum atomic E-state index is 12.5. The minimum atomic E-state index is 0.188. The fourth-order valence-electron chi connectivity index (χ4n) is 4.02. The van der Waals surface area contributed by atoms with Crippen LogP contribution in [0, 0.1) is 11.8 Å². The number of hydrogen-bond acceptors (Lipinski definition) is 3.